The summed E-state index contributed by atoms with van der Waals surface area (Å²) in [6.45, 7) is 1.46. The minimum Gasteiger partial charge on any atom is -0.481 e. The third kappa shape index (κ3) is 2.56. The fourth-order valence-electron chi connectivity index (χ4n) is 1.73. The Hall–Kier alpha value is -2.01. The molecule has 3 nitrogen and oxygen atoms in total. The Labute approximate surface area is 109 Å². The molecule has 0 aliphatic rings. The molecule has 5 heteroatoms. The molecule has 0 aliphatic carbocycles. The van der Waals surface area contributed by atoms with Gasteiger partial charge in [0, 0.05) is 23.4 Å². The molecule has 0 bridgehead atoms. The van der Waals surface area contributed by atoms with E-state index >= 15 is 0 Å². The average Bonchev–Trinajstić information content (AvgIpc) is 2.44. The SMILES string of the molecule is COc1ccc(C(O)c2ccc(C)c(F)c2F)cn1. The van der Waals surface area contributed by atoms with Gasteiger partial charge < -0.3 is 9.84 Å². The van der Waals surface area contributed by atoms with Gasteiger partial charge in [0.1, 0.15) is 6.10 Å². The zero-order valence-corrected chi connectivity index (χ0v) is 10.5. The first-order valence-corrected chi connectivity index (χ1v) is 5.67. The molecule has 2 rings (SSSR count). The number of ether oxygens (including phenoxy) is 1. The zero-order chi connectivity index (χ0) is 14.0. The van der Waals surface area contributed by atoms with Crippen LogP contribution in [0.1, 0.15) is 22.8 Å². The molecule has 0 fully saturated rings. The molecule has 0 aliphatic heterocycles. The first kappa shape index (κ1) is 13.4. The second-order valence-corrected chi connectivity index (χ2v) is 4.14. The van der Waals surface area contributed by atoms with E-state index in [1.54, 1.807) is 12.1 Å². The molecule has 1 heterocycles. The summed E-state index contributed by atoms with van der Waals surface area (Å²) in [6.07, 6.45) is 0.0919. The molecule has 1 unspecified atom stereocenters. The highest BCUT2D eigenvalue weighted by Gasteiger charge is 2.19. The van der Waals surface area contributed by atoms with E-state index in [9.17, 15) is 13.9 Å². The fourth-order valence-corrected chi connectivity index (χ4v) is 1.73. The molecule has 0 spiro atoms. The molecule has 0 radical (unpaired) electrons. The van der Waals surface area contributed by atoms with Gasteiger partial charge in [0.05, 0.1) is 7.11 Å². The Morgan fingerprint density at radius 1 is 1.16 bits per heavy atom. The number of aryl methyl sites for hydroxylation is 1. The van der Waals surface area contributed by atoms with Crippen molar-refractivity contribution in [2.75, 3.05) is 7.11 Å². The summed E-state index contributed by atoms with van der Waals surface area (Å²) in [6, 6.07) is 5.88. The number of pyridine rings is 1. The summed E-state index contributed by atoms with van der Waals surface area (Å²) in [7, 11) is 1.47. The van der Waals surface area contributed by atoms with Gasteiger partial charge in [0.15, 0.2) is 11.6 Å². The molecule has 100 valence electrons. The quantitative estimate of drug-likeness (QED) is 0.927. The smallest absolute Gasteiger partial charge is 0.212 e. The van der Waals surface area contributed by atoms with E-state index in [-0.39, 0.29) is 11.1 Å². The van der Waals surface area contributed by atoms with Gasteiger partial charge in [-0.25, -0.2) is 13.8 Å². The number of rotatable bonds is 3. The lowest BCUT2D eigenvalue weighted by molar-refractivity contribution is 0.212. The van der Waals surface area contributed by atoms with Crippen LogP contribution < -0.4 is 4.74 Å². The van der Waals surface area contributed by atoms with Crippen LogP contribution in [0.2, 0.25) is 0 Å². The lowest BCUT2D eigenvalue weighted by Crippen LogP contribution is -2.06. The number of halogens is 2. The second kappa shape index (κ2) is 5.32. The molecule has 1 aromatic heterocycles. The first-order chi connectivity index (χ1) is 9.04. The number of methoxy groups -OCH3 is 1. The van der Waals surface area contributed by atoms with Crippen molar-refractivity contribution in [2.45, 2.75) is 13.0 Å². The van der Waals surface area contributed by atoms with Crippen molar-refractivity contribution in [1.29, 1.82) is 0 Å². The molecule has 0 saturated carbocycles. The van der Waals surface area contributed by atoms with Crippen LogP contribution in [0.25, 0.3) is 0 Å². The Bertz CT molecular complexity index is 585. The van der Waals surface area contributed by atoms with Crippen LogP contribution in [0, 0.1) is 18.6 Å². The predicted molar refractivity (Wildman–Crippen MR) is 65.9 cm³/mol. The highest BCUT2D eigenvalue weighted by atomic mass is 19.2. The average molecular weight is 265 g/mol. The molecule has 0 saturated heterocycles. The van der Waals surface area contributed by atoms with E-state index in [0.29, 0.717) is 11.4 Å². The van der Waals surface area contributed by atoms with Crippen LogP contribution in [0.15, 0.2) is 30.5 Å². The summed E-state index contributed by atoms with van der Waals surface area (Å²) in [4.78, 5) is 3.91. The van der Waals surface area contributed by atoms with Crippen molar-refractivity contribution < 1.29 is 18.6 Å². The lowest BCUT2D eigenvalue weighted by Gasteiger charge is -2.13. The van der Waals surface area contributed by atoms with E-state index < -0.39 is 17.7 Å². The topological polar surface area (TPSA) is 42.4 Å². The predicted octanol–water partition coefficient (Wildman–Crippen LogP) is 2.76. The maximum absolute atomic E-state index is 13.8. The first-order valence-electron chi connectivity index (χ1n) is 5.67. The van der Waals surface area contributed by atoms with Gasteiger partial charge >= 0.3 is 0 Å². The zero-order valence-electron chi connectivity index (χ0n) is 10.5. The van der Waals surface area contributed by atoms with E-state index in [1.165, 1.54) is 32.4 Å². The van der Waals surface area contributed by atoms with E-state index in [1.807, 2.05) is 0 Å². The molecule has 2 aromatic rings. The van der Waals surface area contributed by atoms with Crippen molar-refractivity contribution in [3.8, 4) is 5.88 Å². The Morgan fingerprint density at radius 3 is 2.47 bits per heavy atom. The van der Waals surface area contributed by atoms with Crippen LogP contribution in [-0.4, -0.2) is 17.2 Å². The molecular formula is C14H13F2NO2. The number of aromatic nitrogens is 1. The normalized spacial score (nSPS) is 12.3. The van der Waals surface area contributed by atoms with Gasteiger partial charge in [0.2, 0.25) is 5.88 Å². The van der Waals surface area contributed by atoms with Crippen LogP contribution in [0.3, 0.4) is 0 Å². The lowest BCUT2D eigenvalue weighted by atomic mass is 10.0. The van der Waals surface area contributed by atoms with Gasteiger partial charge in [0.25, 0.3) is 0 Å². The number of hydrogen-bond acceptors (Lipinski definition) is 3. The summed E-state index contributed by atoms with van der Waals surface area (Å²) < 4.78 is 32.1. The van der Waals surface area contributed by atoms with Gasteiger partial charge in [-0.15, -0.1) is 0 Å². The van der Waals surface area contributed by atoms with Crippen molar-refractivity contribution >= 4 is 0 Å². The number of aliphatic hydroxyl groups excluding tert-OH is 1. The minimum absolute atomic E-state index is 0.116. The van der Waals surface area contributed by atoms with Crippen LogP contribution in [0.5, 0.6) is 5.88 Å². The van der Waals surface area contributed by atoms with Gasteiger partial charge in [-0.1, -0.05) is 12.1 Å². The van der Waals surface area contributed by atoms with Crippen LogP contribution in [0.4, 0.5) is 8.78 Å². The number of aliphatic hydroxyl groups is 1. The number of hydrogen-bond donors (Lipinski definition) is 1. The second-order valence-electron chi connectivity index (χ2n) is 4.14. The summed E-state index contributed by atoms with van der Waals surface area (Å²) >= 11 is 0. The minimum atomic E-state index is -1.27. The van der Waals surface area contributed by atoms with Gasteiger partial charge in [-0.3, -0.25) is 0 Å². The fraction of sp³-hybridized carbons (Fsp3) is 0.214. The molecule has 1 N–H and O–H groups in total. The third-order valence-electron chi connectivity index (χ3n) is 2.88. The van der Waals surface area contributed by atoms with Gasteiger partial charge in [-0.05, 0) is 18.6 Å². The molecule has 1 atom stereocenters. The van der Waals surface area contributed by atoms with E-state index in [4.69, 9.17) is 4.74 Å². The summed E-state index contributed by atoms with van der Waals surface area (Å²) in [5, 5.41) is 10.1. The van der Waals surface area contributed by atoms with Crippen molar-refractivity contribution in [1.82, 2.24) is 4.98 Å². The Morgan fingerprint density at radius 2 is 1.89 bits per heavy atom. The van der Waals surface area contributed by atoms with Gasteiger partial charge in [-0.2, -0.15) is 0 Å². The maximum atomic E-state index is 13.8. The molecular weight excluding hydrogens is 252 g/mol. The molecule has 1 aromatic carbocycles. The van der Waals surface area contributed by atoms with Crippen molar-refractivity contribution in [2.24, 2.45) is 0 Å². The van der Waals surface area contributed by atoms with Crippen molar-refractivity contribution in [3.63, 3.8) is 0 Å². The van der Waals surface area contributed by atoms with E-state index in [2.05, 4.69) is 4.98 Å². The maximum Gasteiger partial charge on any atom is 0.212 e. The van der Waals surface area contributed by atoms with E-state index in [0.717, 1.165) is 0 Å². The Balaban J connectivity index is 2.38. The number of nitrogens with zero attached hydrogens (tertiary/aromatic N) is 1. The summed E-state index contributed by atoms with van der Waals surface area (Å²) in [5.41, 5.74) is 0.444. The van der Waals surface area contributed by atoms with Crippen LogP contribution in [-0.2, 0) is 0 Å². The highest BCUT2D eigenvalue weighted by Crippen LogP contribution is 2.27. The summed E-state index contributed by atoms with van der Waals surface area (Å²) in [5.74, 6) is -1.60. The molecule has 19 heavy (non-hydrogen) atoms. The Kier molecular flexibility index (Phi) is 3.76. The number of benzene rings is 1. The van der Waals surface area contributed by atoms with Crippen LogP contribution >= 0.6 is 0 Å². The van der Waals surface area contributed by atoms with Crippen molar-refractivity contribution in [3.05, 3.63) is 58.8 Å². The molecule has 0 amide bonds. The largest absolute Gasteiger partial charge is 0.481 e. The highest BCUT2D eigenvalue weighted by molar-refractivity contribution is 5.33. The third-order valence-corrected chi connectivity index (χ3v) is 2.88. The monoisotopic (exact) mass is 265 g/mol. The standard InChI is InChI=1S/C14H13F2NO2/c1-8-3-5-10(13(16)12(8)15)14(18)9-4-6-11(19-2)17-7-9/h3-7,14,18H,1-2H3.